The van der Waals surface area contributed by atoms with Crippen LogP contribution in [-0.2, 0) is 0 Å². The van der Waals surface area contributed by atoms with E-state index in [9.17, 15) is 9.50 Å². The molecular formula is C17H21FN2O. The number of benzene rings is 2. The van der Waals surface area contributed by atoms with Gasteiger partial charge in [-0.2, -0.15) is 0 Å². The molecule has 2 rings (SSSR count). The Bertz CT molecular complexity index is 589. The normalized spacial score (nSPS) is 13.7. The minimum absolute atomic E-state index is 0.305. The first kappa shape index (κ1) is 15.5. The van der Waals surface area contributed by atoms with Crippen LogP contribution in [0, 0.1) is 12.7 Å². The molecule has 0 radical (unpaired) electrons. The van der Waals surface area contributed by atoms with Gasteiger partial charge in [-0.15, -0.1) is 0 Å². The lowest BCUT2D eigenvalue weighted by Crippen LogP contribution is -2.34. The highest BCUT2D eigenvalue weighted by molar-refractivity contribution is 5.52. The van der Waals surface area contributed by atoms with E-state index in [0.717, 1.165) is 16.8 Å². The monoisotopic (exact) mass is 288 g/mol. The van der Waals surface area contributed by atoms with E-state index >= 15 is 0 Å². The van der Waals surface area contributed by atoms with Gasteiger partial charge in [0, 0.05) is 12.2 Å². The van der Waals surface area contributed by atoms with Gasteiger partial charge in [-0.25, -0.2) is 4.39 Å². The lowest BCUT2D eigenvalue weighted by molar-refractivity contribution is 0.152. The maximum Gasteiger partial charge on any atom is 0.123 e. The van der Waals surface area contributed by atoms with E-state index in [-0.39, 0.29) is 11.9 Å². The summed E-state index contributed by atoms with van der Waals surface area (Å²) in [5.41, 5.74) is 2.73. The standard InChI is InChI=1S/C17H21FN2O/c1-12-6-3-4-9-15(12)20-17(16(21)11-19-2)13-7-5-8-14(18)10-13/h3-10,16-17,19-21H,11H2,1-2H3. The number of rotatable bonds is 6. The molecule has 0 amide bonds. The second-order valence-electron chi connectivity index (χ2n) is 5.12. The zero-order valence-corrected chi connectivity index (χ0v) is 12.3. The Balaban J connectivity index is 2.30. The summed E-state index contributed by atoms with van der Waals surface area (Å²) in [5.74, 6) is -0.305. The number of hydrogen-bond donors (Lipinski definition) is 3. The molecule has 0 aliphatic rings. The molecule has 0 aliphatic carbocycles. The summed E-state index contributed by atoms with van der Waals surface area (Å²) >= 11 is 0. The Hall–Kier alpha value is -1.91. The molecule has 3 N–H and O–H groups in total. The summed E-state index contributed by atoms with van der Waals surface area (Å²) in [7, 11) is 1.78. The molecule has 0 spiro atoms. The molecule has 0 bridgehead atoms. The number of anilines is 1. The first-order chi connectivity index (χ1) is 10.1. The highest BCUT2D eigenvalue weighted by Crippen LogP contribution is 2.25. The fourth-order valence-corrected chi connectivity index (χ4v) is 2.33. The number of aliphatic hydroxyl groups excluding tert-OH is 1. The molecule has 21 heavy (non-hydrogen) atoms. The average Bonchev–Trinajstić information content (AvgIpc) is 2.46. The van der Waals surface area contributed by atoms with Crippen molar-refractivity contribution in [1.29, 1.82) is 0 Å². The molecule has 2 aromatic carbocycles. The minimum Gasteiger partial charge on any atom is -0.389 e. The Morgan fingerprint density at radius 3 is 2.57 bits per heavy atom. The highest BCUT2D eigenvalue weighted by Gasteiger charge is 2.21. The van der Waals surface area contributed by atoms with Gasteiger partial charge >= 0.3 is 0 Å². The maximum absolute atomic E-state index is 13.5. The summed E-state index contributed by atoms with van der Waals surface area (Å²) in [6.07, 6.45) is -0.670. The first-order valence-corrected chi connectivity index (χ1v) is 7.02. The number of para-hydroxylation sites is 1. The zero-order chi connectivity index (χ0) is 15.2. The quantitative estimate of drug-likeness (QED) is 0.766. The van der Waals surface area contributed by atoms with Crippen LogP contribution < -0.4 is 10.6 Å². The molecule has 112 valence electrons. The lowest BCUT2D eigenvalue weighted by atomic mass is 10.00. The molecule has 3 nitrogen and oxygen atoms in total. The van der Waals surface area contributed by atoms with Gasteiger partial charge in [-0.1, -0.05) is 30.3 Å². The number of hydrogen-bond acceptors (Lipinski definition) is 3. The van der Waals surface area contributed by atoms with Crippen molar-refractivity contribution < 1.29 is 9.50 Å². The average molecular weight is 288 g/mol. The van der Waals surface area contributed by atoms with Crippen LogP contribution in [0.2, 0.25) is 0 Å². The molecule has 0 aromatic heterocycles. The third-order valence-corrected chi connectivity index (χ3v) is 3.46. The predicted molar refractivity (Wildman–Crippen MR) is 83.9 cm³/mol. The van der Waals surface area contributed by atoms with Crippen molar-refractivity contribution in [2.24, 2.45) is 0 Å². The molecule has 2 aromatic rings. The third-order valence-electron chi connectivity index (χ3n) is 3.46. The SMILES string of the molecule is CNCC(O)C(Nc1ccccc1C)c1cccc(F)c1. The Morgan fingerprint density at radius 2 is 1.90 bits per heavy atom. The van der Waals surface area contributed by atoms with Gasteiger partial charge in [0.15, 0.2) is 0 Å². The summed E-state index contributed by atoms with van der Waals surface area (Å²) < 4.78 is 13.5. The van der Waals surface area contributed by atoms with Gasteiger partial charge < -0.3 is 15.7 Å². The van der Waals surface area contributed by atoms with Crippen LogP contribution in [0.3, 0.4) is 0 Å². The fourth-order valence-electron chi connectivity index (χ4n) is 2.33. The van der Waals surface area contributed by atoms with Crippen LogP contribution in [0.5, 0.6) is 0 Å². The van der Waals surface area contributed by atoms with Crippen molar-refractivity contribution in [3.8, 4) is 0 Å². The summed E-state index contributed by atoms with van der Waals surface area (Å²) in [4.78, 5) is 0. The number of nitrogens with one attached hydrogen (secondary N) is 2. The van der Waals surface area contributed by atoms with Crippen LogP contribution >= 0.6 is 0 Å². The second-order valence-corrected chi connectivity index (χ2v) is 5.12. The van der Waals surface area contributed by atoms with E-state index < -0.39 is 6.10 Å². The molecule has 4 heteroatoms. The number of aliphatic hydroxyl groups is 1. The van der Waals surface area contributed by atoms with E-state index in [0.29, 0.717) is 6.54 Å². The number of halogens is 1. The Labute approximate surface area is 124 Å². The Morgan fingerprint density at radius 1 is 1.14 bits per heavy atom. The van der Waals surface area contributed by atoms with Crippen molar-refractivity contribution in [2.45, 2.75) is 19.1 Å². The zero-order valence-electron chi connectivity index (χ0n) is 12.3. The van der Waals surface area contributed by atoms with Gasteiger partial charge in [-0.05, 0) is 43.3 Å². The van der Waals surface area contributed by atoms with E-state index in [4.69, 9.17) is 0 Å². The van der Waals surface area contributed by atoms with E-state index in [1.165, 1.54) is 12.1 Å². The van der Waals surface area contributed by atoms with Crippen LogP contribution in [0.4, 0.5) is 10.1 Å². The van der Waals surface area contributed by atoms with Gasteiger partial charge in [0.2, 0.25) is 0 Å². The summed E-state index contributed by atoms with van der Waals surface area (Å²) in [6, 6.07) is 13.8. The van der Waals surface area contributed by atoms with Gasteiger partial charge in [-0.3, -0.25) is 0 Å². The van der Waals surface area contributed by atoms with Crippen LogP contribution in [-0.4, -0.2) is 24.8 Å². The van der Waals surface area contributed by atoms with Crippen molar-refractivity contribution in [1.82, 2.24) is 5.32 Å². The predicted octanol–water partition coefficient (Wildman–Crippen LogP) is 2.87. The molecule has 0 fully saturated rings. The van der Waals surface area contributed by atoms with Crippen LogP contribution in [0.25, 0.3) is 0 Å². The highest BCUT2D eigenvalue weighted by atomic mass is 19.1. The second kappa shape index (κ2) is 7.20. The molecule has 2 unspecified atom stereocenters. The molecular weight excluding hydrogens is 267 g/mol. The minimum atomic E-state index is -0.670. The molecule has 0 heterocycles. The topological polar surface area (TPSA) is 44.3 Å². The van der Waals surface area contributed by atoms with Crippen molar-refractivity contribution in [3.63, 3.8) is 0 Å². The van der Waals surface area contributed by atoms with Crippen LogP contribution in [0.15, 0.2) is 48.5 Å². The summed E-state index contributed by atoms with van der Waals surface area (Å²) in [6.45, 7) is 2.41. The van der Waals surface area contributed by atoms with Gasteiger partial charge in [0.05, 0.1) is 12.1 Å². The van der Waals surface area contributed by atoms with E-state index in [1.807, 2.05) is 37.3 Å². The van der Waals surface area contributed by atoms with Gasteiger partial charge in [0.1, 0.15) is 5.82 Å². The number of likely N-dealkylation sites (N-methyl/N-ethyl adjacent to an activating group) is 1. The van der Waals surface area contributed by atoms with Crippen molar-refractivity contribution in [2.75, 3.05) is 18.9 Å². The molecule has 2 atom stereocenters. The third kappa shape index (κ3) is 4.03. The number of aryl methyl sites for hydroxylation is 1. The van der Waals surface area contributed by atoms with Crippen molar-refractivity contribution >= 4 is 5.69 Å². The smallest absolute Gasteiger partial charge is 0.123 e. The van der Waals surface area contributed by atoms with Gasteiger partial charge in [0.25, 0.3) is 0 Å². The van der Waals surface area contributed by atoms with Crippen molar-refractivity contribution in [3.05, 3.63) is 65.5 Å². The lowest BCUT2D eigenvalue weighted by Gasteiger charge is -2.26. The largest absolute Gasteiger partial charge is 0.389 e. The first-order valence-electron chi connectivity index (χ1n) is 7.02. The molecule has 0 saturated heterocycles. The summed E-state index contributed by atoms with van der Waals surface area (Å²) in [5, 5.41) is 16.6. The molecule has 0 aliphatic heterocycles. The Kier molecular flexibility index (Phi) is 5.31. The van der Waals surface area contributed by atoms with Crippen LogP contribution in [0.1, 0.15) is 17.2 Å². The van der Waals surface area contributed by atoms with E-state index in [1.54, 1.807) is 13.1 Å². The van der Waals surface area contributed by atoms with E-state index in [2.05, 4.69) is 10.6 Å². The maximum atomic E-state index is 13.5. The fraction of sp³-hybridized carbons (Fsp3) is 0.294. The molecule has 0 saturated carbocycles.